The summed E-state index contributed by atoms with van der Waals surface area (Å²) in [4.78, 5) is 14.5. The number of hydrogen-bond donors (Lipinski definition) is 1. The van der Waals surface area contributed by atoms with Gasteiger partial charge in [-0.3, -0.25) is 0 Å². The van der Waals surface area contributed by atoms with Crippen LogP contribution >= 0.6 is 0 Å². The van der Waals surface area contributed by atoms with E-state index >= 15 is 0 Å². The van der Waals surface area contributed by atoms with E-state index in [-0.39, 0.29) is 18.2 Å². The average Bonchev–Trinajstić information content (AvgIpc) is 3.24. The number of likely N-dealkylation sites (tertiary alicyclic amines) is 1. The third-order valence-electron chi connectivity index (χ3n) is 4.66. The zero-order chi connectivity index (χ0) is 15.5. The normalized spacial score (nSPS) is 24.9. The van der Waals surface area contributed by atoms with Crippen LogP contribution in [-0.4, -0.2) is 41.9 Å². The number of aryl methyl sites for hydroxylation is 2. The van der Waals surface area contributed by atoms with E-state index < -0.39 is 0 Å². The van der Waals surface area contributed by atoms with Crippen molar-refractivity contribution in [3.63, 3.8) is 0 Å². The number of hydrogen-bond acceptors (Lipinski definition) is 4. The molecule has 6 nitrogen and oxygen atoms in total. The lowest BCUT2D eigenvalue weighted by Crippen LogP contribution is -2.42. The molecule has 2 amide bonds. The summed E-state index contributed by atoms with van der Waals surface area (Å²) in [5.41, 5.74) is 2.01. The van der Waals surface area contributed by atoms with Gasteiger partial charge < -0.3 is 19.5 Å². The summed E-state index contributed by atoms with van der Waals surface area (Å²) in [7, 11) is 0. The molecule has 6 heteroatoms. The first kappa shape index (κ1) is 15.3. The van der Waals surface area contributed by atoms with Gasteiger partial charge in [0, 0.05) is 31.7 Å². The van der Waals surface area contributed by atoms with Gasteiger partial charge in [0.15, 0.2) is 0 Å². The van der Waals surface area contributed by atoms with Crippen LogP contribution in [0.5, 0.6) is 0 Å². The van der Waals surface area contributed by atoms with Crippen molar-refractivity contribution in [2.45, 2.75) is 58.1 Å². The van der Waals surface area contributed by atoms with Crippen LogP contribution < -0.4 is 5.32 Å². The van der Waals surface area contributed by atoms with Crippen LogP contribution in [0.15, 0.2) is 4.52 Å². The first-order chi connectivity index (χ1) is 10.7. The fraction of sp³-hybridized carbons (Fsp3) is 0.750. The molecule has 1 N–H and O–H groups in total. The van der Waals surface area contributed by atoms with Crippen LogP contribution in [0.2, 0.25) is 0 Å². The number of nitrogens with one attached hydrogen (secondary N) is 1. The van der Waals surface area contributed by atoms with Gasteiger partial charge in [0.05, 0.1) is 17.8 Å². The zero-order valence-electron chi connectivity index (χ0n) is 13.4. The number of nitrogens with zero attached hydrogens (tertiary/aromatic N) is 2. The molecular formula is C16H25N3O3. The predicted molar refractivity (Wildman–Crippen MR) is 81.7 cm³/mol. The fourth-order valence-corrected chi connectivity index (χ4v) is 3.52. The Bertz CT molecular complexity index is 523. The lowest BCUT2D eigenvalue weighted by atomic mass is 10.0. The minimum Gasteiger partial charge on any atom is -0.376 e. The highest BCUT2D eigenvalue weighted by atomic mass is 16.5. The summed E-state index contributed by atoms with van der Waals surface area (Å²) in [6.07, 6.45) is 5.10. The second-order valence-corrected chi connectivity index (χ2v) is 6.13. The van der Waals surface area contributed by atoms with Gasteiger partial charge in [-0.2, -0.15) is 0 Å². The SMILES string of the molecule is CCc1onc(C)c1[C@@H]1CCCN1C(=O)NC[C@H]1CCCO1. The lowest BCUT2D eigenvalue weighted by Gasteiger charge is -2.26. The third-order valence-corrected chi connectivity index (χ3v) is 4.66. The molecule has 0 spiro atoms. The fourth-order valence-electron chi connectivity index (χ4n) is 3.52. The van der Waals surface area contributed by atoms with Gasteiger partial charge in [0.25, 0.3) is 0 Å². The summed E-state index contributed by atoms with van der Waals surface area (Å²) in [6.45, 7) is 6.22. The van der Waals surface area contributed by atoms with Crippen molar-refractivity contribution in [1.82, 2.24) is 15.4 Å². The Balaban J connectivity index is 1.66. The molecule has 2 saturated heterocycles. The van der Waals surface area contributed by atoms with Crippen molar-refractivity contribution in [1.29, 1.82) is 0 Å². The molecule has 1 aromatic heterocycles. The zero-order valence-corrected chi connectivity index (χ0v) is 13.4. The van der Waals surface area contributed by atoms with Crippen molar-refractivity contribution in [3.05, 3.63) is 17.0 Å². The second kappa shape index (κ2) is 6.69. The van der Waals surface area contributed by atoms with Gasteiger partial charge >= 0.3 is 6.03 Å². The monoisotopic (exact) mass is 307 g/mol. The van der Waals surface area contributed by atoms with Gasteiger partial charge in [0.2, 0.25) is 0 Å². The molecular weight excluding hydrogens is 282 g/mol. The molecule has 0 unspecified atom stereocenters. The molecule has 3 rings (SSSR count). The summed E-state index contributed by atoms with van der Waals surface area (Å²) in [6, 6.07) is 0.0892. The highest BCUT2D eigenvalue weighted by Gasteiger charge is 2.34. The Morgan fingerprint density at radius 1 is 1.41 bits per heavy atom. The Morgan fingerprint density at radius 3 is 3.00 bits per heavy atom. The standard InChI is InChI=1S/C16H25N3O3/c1-3-14-15(11(2)18-22-14)13-7-4-8-19(13)16(20)17-10-12-6-5-9-21-12/h12-13H,3-10H2,1-2H3,(H,17,20)/t12-,13+/m1/s1. The quantitative estimate of drug-likeness (QED) is 0.928. The summed E-state index contributed by atoms with van der Waals surface area (Å²) in [5.74, 6) is 0.904. The number of carbonyl (C=O) groups excluding carboxylic acids is 1. The molecule has 22 heavy (non-hydrogen) atoms. The highest BCUT2D eigenvalue weighted by Crippen LogP contribution is 2.35. The number of urea groups is 1. The van der Waals surface area contributed by atoms with Crippen molar-refractivity contribution >= 4 is 6.03 Å². The molecule has 0 aromatic carbocycles. The summed E-state index contributed by atoms with van der Waals surface area (Å²) >= 11 is 0. The topological polar surface area (TPSA) is 67.6 Å². The Kier molecular flexibility index (Phi) is 4.66. The molecule has 2 fully saturated rings. The smallest absolute Gasteiger partial charge is 0.318 e. The number of aromatic nitrogens is 1. The molecule has 2 aliphatic rings. The Morgan fingerprint density at radius 2 is 2.27 bits per heavy atom. The molecule has 0 saturated carbocycles. The number of ether oxygens (including phenoxy) is 1. The van der Waals surface area contributed by atoms with E-state index in [4.69, 9.17) is 9.26 Å². The van der Waals surface area contributed by atoms with Crippen LogP contribution in [-0.2, 0) is 11.2 Å². The van der Waals surface area contributed by atoms with E-state index in [1.807, 2.05) is 11.8 Å². The maximum absolute atomic E-state index is 12.5. The Hall–Kier alpha value is -1.56. The molecule has 1 aromatic rings. The molecule has 2 atom stereocenters. The van der Waals surface area contributed by atoms with Crippen molar-refractivity contribution in [2.75, 3.05) is 19.7 Å². The van der Waals surface area contributed by atoms with Gasteiger partial charge in [0.1, 0.15) is 5.76 Å². The number of carbonyl (C=O) groups is 1. The van der Waals surface area contributed by atoms with E-state index in [1.54, 1.807) is 0 Å². The third kappa shape index (κ3) is 2.97. The largest absolute Gasteiger partial charge is 0.376 e. The Labute approximate surface area is 131 Å². The minimum absolute atomic E-state index is 0.000605. The van der Waals surface area contributed by atoms with Crippen molar-refractivity contribution < 1.29 is 14.1 Å². The molecule has 2 aliphatic heterocycles. The van der Waals surface area contributed by atoms with E-state index in [0.29, 0.717) is 6.54 Å². The highest BCUT2D eigenvalue weighted by molar-refractivity contribution is 5.75. The molecule has 3 heterocycles. The van der Waals surface area contributed by atoms with Gasteiger partial charge in [-0.25, -0.2) is 4.79 Å². The van der Waals surface area contributed by atoms with Crippen LogP contribution in [0.1, 0.15) is 55.7 Å². The first-order valence-electron chi connectivity index (χ1n) is 8.31. The summed E-state index contributed by atoms with van der Waals surface area (Å²) in [5, 5.41) is 7.11. The van der Waals surface area contributed by atoms with E-state index in [2.05, 4.69) is 17.4 Å². The predicted octanol–water partition coefficient (Wildman–Crippen LogP) is 2.57. The minimum atomic E-state index is 0.000605. The number of rotatable bonds is 4. The van der Waals surface area contributed by atoms with E-state index in [1.165, 1.54) is 0 Å². The van der Waals surface area contributed by atoms with Crippen molar-refractivity contribution in [2.24, 2.45) is 0 Å². The van der Waals surface area contributed by atoms with E-state index in [0.717, 1.165) is 62.3 Å². The van der Waals surface area contributed by atoms with Crippen LogP contribution in [0.25, 0.3) is 0 Å². The maximum atomic E-state index is 12.5. The molecule has 122 valence electrons. The van der Waals surface area contributed by atoms with Crippen LogP contribution in [0, 0.1) is 6.92 Å². The van der Waals surface area contributed by atoms with Crippen molar-refractivity contribution in [3.8, 4) is 0 Å². The van der Waals surface area contributed by atoms with Gasteiger partial charge in [-0.1, -0.05) is 12.1 Å². The summed E-state index contributed by atoms with van der Waals surface area (Å²) < 4.78 is 11.0. The van der Waals surface area contributed by atoms with Crippen LogP contribution in [0.4, 0.5) is 4.79 Å². The van der Waals surface area contributed by atoms with Crippen LogP contribution in [0.3, 0.4) is 0 Å². The molecule has 0 radical (unpaired) electrons. The second-order valence-electron chi connectivity index (χ2n) is 6.13. The number of amides is 2. The molecule has 0 aliphatic carbocycles. The maximum Gasteiger partial charge on any atom is 0.318 e. The lowest BCUT2D eigenvalue weighted by molar-refractivity contribution is 0.108. The molecule has 0 bridgehead atoms. The van der Waals surface area contributed by atoms with E-state index in [9.17, 15) is 4.79 Å². The van der Waals surface area contributed by atoms with Gasteiger partial charge in [-0.05, 0) is 32.6 Å². The van der Waals surface area contributed by atoms with Gasteiger partial charge in [-0.15, -0.1) is 0 Å². The average molecular weight is 307 g/mol. The first-order valence-corrected chi connectivity index (χ1v) is 8.31.